The van der Waals surface area contributed by atoms with Gasteiger partial charge in [0.15, 0.2) is 0 Å². The van der Waals surface area contributed by atoms with E-state index in [4.69, 9.17) is 10.5 Å². The van der Waals surface area contributed by atoms with E-state index in [0.29, 0.717) is 19.5 Å². The topological polar surface area (TPSA) is 84.7 Å². The number of benzene rings is 1. The van der Waals surface area contributed by atoms with Crippen LogP contribution in [0.1, 0.15) is 12.0 Å². The molecular formula is C12H21N3O3S. The number of methoxy groups -OCH3 is 1. The number of nitrogens with zero attached hydrogens (tertiary/aromatic N) is 1. The molecule has 0 spiro atoms. The van der Waals surface area contributed by atoms with Crippen LogP contribution in [0.2, 0.25) is 0 Å². The van der Waals surface area contributed by atoms with Crippen molar-refractivity contribution in [2.24, 2.45) is 5.73 Å². The average molecular weight is 287 g/mol. The largest absolute Gasteiger partial charge is 0.497 e. The highest BCUT2D eigenvalue weighted by atomic mass is 32.2. The highest BCUT2D eigenvalue weighted by molar-refractivity contribution is 7.87. The van der Waals surface area contributed by atoms with Crippen molar-refractivity contribution in [1.82, 2.24) is 9.03 Å². The Bertz CT molecular complexity index is 473. The Morgan fingerprint density at radius 3 is 2.47 bits per heavy atom. The van der Waals surface area contributed by atoms with Crippen LogP contribution in [0.15, 0.2) is 24.3 Å². The van der Waals surface area contributed by atoms with Crippen molar-refractivity contribution in [1.29, 1.82) is 0 Å². The second-order valence-corrected chi connectivity index (χ2v) is 6.00. The Morgan fingerprint density at radius 2 is 1.95 bits per heavy atom. The van der Waals surface area contributed by atoms with Gasteiger partial charge in [0.25, 0.3) is 10.2 Å². The van der Waals surface area contributed by atoms with E-state index in [1.54, 1.807) is 19.2 Å². The highest BCUT2D eigenvalue weighted by Gasteiger charge is 2.16. The lowest BCUT2D eigenvalue weighted by atomic mass is 10.2. The summed E-state index contributed by atoms with van der Waals surface area (Å²) < 4.78 is 32.6. The first-order valence-electron chi connectivity index (χ1n) is 6.03. The Kier molecular flexibility index (Phi) is 6.23. The lowest BCUT2D eigenvalue weighted by Gasteiger charge is -2.17. The van der Waals surface area contributed by atoms with E-state index >= 15 is 0 Å². The Labute approximate surface area is 114 Å². The molecule has 108 valence electrons. The molecule has 1 aromatic carbocycles. The minimum absolute atomic E-state index is 0.249. The molecular weight excluding hydrogens is 266 g/mol. The predicted octanol–water partition coefficient (Wildman–Crippen LogP) is 0.310. The summed E-state index contributed by atoms with van der Waals surface area (Å²) in [6.45, 7) is 1.13. The molecule has 7 heteroatoms. The standard InChI is InChI=1S/C12H21N3O3S/c1-15(9-3-8-13)19(16,17)14-10-11-4-6-12(18-2)7-5-11/h4-7,14H,3,8-10,13H2,1-2H3. The van der Waals surface area contributed by atoms with Crippen LogP contribution in [0.5, 0.6) is 5.75 Å². The molecule has 0 unspecified atom stereocenters. The highest BCUT2D eigenvalue weighted by Crippen LogP contribution is 2.11. The van der Waals surface area contributed by atoms with Crippen LogP contribution in [0.3, 0.4) is 0 Å². The third-order valence-electron chi connectivity index (χ3n) is 2.71. The molecule has 6 nitrogen and oxygen atoms in total. The molecule has 0 aliphatic carbocycles. The van der Waals surface area contributed by atoms with Crippen molar-refractivity contribution in [2.45, 2.75) is 13.0 Å². The molecule has 0 heterocycles. The first-order chi connectivity index (χ1) is 8.99. The summed E-state index contributed by atoms with van der Waals surface area (Å²) in [6, 6.07) is 7.23. The molecule has 0 atom stereocenters. The van der Waals surface area contributed by atoms with Crippen LogP contribution in [0.25, 0.3) is 0 Å². The fourth-order valence-electron chi connectivity index (χ4n) is 1.46. The van der Waals surface area contributed by atoms with E-state index < -0.39 is 10.2 Å². The zero-order valence-corrected chi connectivity index (χ0v) is 12.1. The van der Waals surface area contributed by atoms with Gasteiger partial charge in [-0.1, -0.05) is 12.1 Å². The predicted molar refractivity (Wildman–Crippen MR) is 75.1 cm³/mol. The van der Waals surface area contributed by atoms with E-state index in [1.165, 1.54) is 11.4 Å². The lowest BCUT2D eigenvalue weighted by molar-refractivity contribution is 0.414. The molecule has 0 aromatic heterocycles. The minimum atomic E-state index is -3.45. The summed E-state index contributed by atoms with van der Waals surface area (Å²) in [5, 5.41) is 0. The molecule has 0 saturated heterocycles. The summed E-state index contributed by atoms with van der Waals surface area (Å²) >= 11 is 0. The molecule has 0 aliphatic heterocycles. The van der Waals surface area contributed by atoms with Crippen molar-refractivity contribution in [3.63, 3.8) is 0 Å². The van der Waals surface area contributed by atoms with E-state index in [-0.39, 0.29) is 6.54 Å². The van der Waals surface area contributed by atoms with Crippen molar-refractivity contribution >= 4 is 10.2 Å². The quantitative estimate of drug-likeness (QED) is 0.720. The lowest BCUT2D eigenvalue weighted by Crippen LogP contribution is -2.38. The first-order valence-corrected chi connectivity index (χ1v) is 7.47. The molecule has 19 heavy (non-hydrogen) atoms. The van der Waals surface area contributed by atoms with E-state index in [9.17, 15) is 8.42 Å². The third kappa shape index (κ3) is 5.15. The molecule has 0 aliphatic rings. The monoisotopic (exact) mass is 287 g/mol. The van der Waals surface area contributed by atoms with E-state index in [2.05, 4.69) is 4.72 Å². The van der Waals surface area contributed by atoms with Gasteiger partial charge in [-0.3, -0.25) is 0 Å². The number of nitrogens with one attached hydrogen (secondary N) is 1. The van der Waals surface area contributed by atoms with Crippen LogP contribution in [-0.4, -0.2) is 40.0 Å². The van der Waals surface area contributed by atoms with Crippen LogP contribution in [0.4, 0.5) is 0 Å². The number of nitrogens with two attached hydrogens (primary N) is 1. The fourth-order valence-corrected chi connectivity index (χ4v) is 2.40. The van der Waals surface area contributed by atoms with Gasteiger partial charge in [-0.2, -0.15) is 17.4 Å². The maximum absolute atomic E-state index is 11.9. The number of hydrogen-bond donors (Lipinski definition) is 2. The molecule has 0 saturated carbocycles. The van der Waals surface area contributed by atoms with Crippen molar-refractivity contribution < 1.29 is 13.2 Å². The minimum Gasteiger partial charge on any atom is -0.497 e. The molecule has 0 bridgehead atoms. The number of rotatable bonds is 8. The molecule has 0 amide bonds. The van der Waals surface area contributed by atoms with E-state index in [0.717, 1.165) is 11.3 Å². The van der Waals surface area contributed by atoms with Crippen molar-refractivity contribution in [3.05, 3.63) is 29.8 Å². The molecule has 0 radical (unpaired) electrons. The molecule has 3 N–H and O–H groups in total. The average Bonchev–Trinajstić information content (AvgIpc) is 2.43. The zero-order chi connectivity index (χ0) is 14.3. The van der Waals surface area contributed by atoms with Crippen LogP contribution in [0, 0.1) is 0 Å². The third-order valence-corrected chi connectivity index (χ3v) is 4.22. The van der Waals surface area contributed by atoms with Gasteiger partial charge >= 0.3 is 0 Å². The normalized spacial score (nSPS) is 11.8. The van der Waals surface area contributed by atoms with Crippen LogP contribution in [-0.2, 0) is 16.8 Å². The maximum Gasteiger partial charge on any atom is 0.279 e. The summed E-state index contributed by atoms with van der Waals surface area (Å²) in [7, 11) is -0.329. The zero-order valence-electron chi connectivity index (χ0n) is 11.3. The Morgan fingerprint density at radius 1 is 1.32 bits per heavy atom. The van der Waals surface area contributed by atoms with Gasteiger partial charge in [-0.25, -0.2) is 0 Å². The molecule has 0 fully saturated rings. The number of ether oxygens (including phenoxy) is 1. The van der Waals surface area contributed by atoms with Crippen LogP contribution < -0.4 is 15.2 Å². The van der Waals surface area contributed by atoms with Crippen molar-refractivity contribution in [2.75, 3.05) is 27.2 Å². The Balaban J connectivity index is 2.54. The van der Waals surface area contributed by atoms with Crippen molar-refractivity contribution in [3.8, 4) is 5.75 Å². The fraction of sp³-hybridized carbons (Fsp3) is 0.500. The van der Waals surface area contributed by atoms with Crippen LogP contribution >= 0.6 is 0 Å². The van der Waals surface area contributed by atoms with Gasteiger partial charge in [0.1, 0.15) is 5.75 Å². The second-order valence-electron chi connectivity index (χ2n) is 4.14. The van der Waals surface area contributed by atoms with Gasteiger partial charge < -0.3 is 10.5 Å². The van der Waals surface area contributed by atoms with Gasteiger partial charge in [-0.15, -0.1) is 0 Å². The summed E-state index contributed by atoms with van der Waals surface area (Å²) in [6.07, 6.45) is 0.639. The summed E-state index contributed by atoms with van der Waals surface area (Å²) in [4.78, 5) is 0. The van der Waals surface area contributed by atoms with Gasteiger partial charge in [0.2, 0.25) is 0 Å². The summed E-state index contributed by atoms with van der Waals surface area (Å²) in [5.74, 6) is 0.742. The maximum atomic E-state index is 11.9. The van der Waals surface area contributed by atoms with Gasteiger partial charge in [0, 0.05) is 20.1 Å². The summed E-state index contributed by atoms with van der Waals surface area (Å²) in [5.41, 5.74) is 6.23. The number of hydrogen-bond acceptors (Lipinski definition) is 4. The van der Waals surface area contributed by atoms with Gasteiger partial charge in [0.05, 0.1) is 7.11 Å². The molecule has 1 aromatic rings. The molecule has 1 rings (SSSR count). The second kappa shape index (κ2) is 7.44. The smallest absolute Gasteiger partial charge is 0.279 e. The first kappa shape index (κ1) is 15.9. The van der Waals surface area contributed by atoms with Gasteiger partial charge in [-0.05, 0) is 30.7 Å². The van der Waals surface area contributed by atoms with E-state index in [1.807, 2.05) is 12.1 Å². The SMILES string of the molecule is COc1ccc(CNS(=O)(=O)N(C)CCCN)cc1. The Hall–Kier alpha value is -1.15.